The van der Waals surface area contributed by atoms with Gasteiger partial charge in [0, 0.05) is 29.5 Å². The number of hydrogen-bond donors (Lipinski definition) is 2. The molecule has 230 valence electrons. The first kappa shape index (κ1) is 29.8. The minimum atomic E-state index is -3.92. The summed E-state index contributed by atoms with van der Waals surface area (Å²) in [6.07, 6.45) is 0.981. The third kappa shape index (κ3) is 5.71. The third-order valence-electron chi connectivity index (χ3n) is 7.34. The Morgan fingerprint density at radius 1 is 0.889 bits per heavy atom. The molecule has 0 aliphatic carbocycles. The summed E-state index contributed by atoms with van der Waals surface area (Å²) in [4.78, 5) is 38.5. The number of amides is 2. The second-order valence-corrected chi connectivity index (χ2v) is 12.6. The molecule has 45 heavy (non-hydrogen) atoms. The first-order chi connectivity index (χ1) is 21.4. The van der Waals surface area contributed by atoms with Gasteiger partial charge in [-0.05, 0) is 69.3 Å². The lowest BCUT2D eigenvalue weighted by atomic mass is 10.1. The molecule has 0 unspecified atom stereocenters. The molecule has 3 heterocycles. The first-order valence-electron chi connectivity index (χ1n) is 14.0. The SMILES string of the molecule is Cc1nc2c(F)cc(-c3nc(Nc4ccc(NS(=O)(=O)CCN5C(=O)c6ccccc6C5=O)cc4)ncc3F)cc2n1C(C)C. The number of halogens is 2. The molecule has 2 N–H and O–H groups in total. The molecule has 6 rings (SSSR count). The number of anilines is 3. The van der Waals surface area contributed by atoms with E-state index in [-0.39, 0.29) is 52.1 Å². The monoisotopic (exact) mass is 631 g/mol. The van der Waals surface area contributed by atoms with E-state index in [1.165, 1.54) is 30.3 Å². The molecule has 0 saturated carbocycles. The number of nitrogens with one attached hydrogen (secondary N) is 2. The van der Waals surface area contributed by atoms with Crippen molar-refractivity contribution in [3.05, 3.63) is 95.4 Å². The summed E-state index contributed by atoms with van der Waals surface area (Å²) in [5, 5.41) is 2.94. The van der Waals surface area contributed by atoms with Crippen LogP contribution in [0.3, 0.4) is 0 Å². The van der Waals surface area contributed by atoms with E-state index in [0.717, 1.165) is 11.1 Å². The molecular weight excluding hydrogens is 604 g/mol. The highest BCUT2D eigenvalue weighted by Crippen LogP contribution is 2.31. The minimum Gasteiger partial charge on any atom is -0.326 e. The number of benzene rings is 3. The van der Waals surface area contributed by atoms with Crippen molar-refractivity contribution in [1.29, 1.82) is 0 Å². The van der Waals surface area contributed by atoms with Crippen LogP contribution in [0.15, 0.2) is 66.9 Å². The van der Waals surface area contributed by atoms with Gasteiger partial charge in [0.05, 0.1) is 28.6 Å². The maximum atomic E-state index is 15.0. The molecule has 0 bridgehead atoms. The zero-order chi connectivity index (χ0) is 32.0. The molecular formula is C31H27F2N7O4S. The van der Waals surface area contributed by atoms with Gasteiger partial charge in [-0.25, -0.2) is 32.2 Å². The van der Waals surface area contributed by atoms with E-state index in [4.69, 9.17) is 0 Å². The van der Waals surface area contributed by atoms with Gasteiger partial charge in [0.1, 0.15) is 17.0 Å². The van der Waals surface area contributed by atoms with Crippen LogP contribution in [-0.4, -0.2) is 56.9 Å². The lowest BCUT2D eigenvalue weighted by molar-refractivity contribution is 0.0664. The lowest BCUT2D eigenvalue weighted by Gasteiger charge is -2.15. The second-order valence-electron chi connectivity index (χ2n) is 10.8. The number of rotatable bonds is 9. The van der Waals surface area contributed by atoms with E-state index in [1.54, 1.807) is 37.3 Å². The molecule has 0 fully saturated rings. The number of imide groups is 1. The number of aromatic nitrogens is 4. The van der Waals surface area contributed by atoms with Crippen molar-refractivity contribution in [2.45, 2.75) is 26.8 Å². The average Bonchev–Trinajstić information content (AvgIpc) is 3.47. The predicted octanol–water partition coefficient (Wildman–Crippen LogP) is 5.44. The van der Waals surface area contributed by atoms with Gasteiger partial charge in [-0.3, -0.25) is 19.2 Å². The van der Waals surface area contributed by atoms with Crippen LogP contribution in [0.2, 0.25) is 0 Å². The van der Waals surface area contributed by atoms with Gasteiger partial charge in [-0.1, -0.05) is 12.1 Å². The van der Waals surface area contributed by atoms with Crippen molar-refractivity contribution in [3.63, 3.8) is 0 Å². The number of nitrogens with zero attached hydrogens (tertiary/aromatic N) is 5. The second kappa shape index (κ2) is 11.4. The molecule has 14 heteroatoms. The Hall–Kier alpha value is -5.24. The number of carbonyl (C=O) groups is 2. The van der Waals surface area contributed by atoms with Gasteiger partial charge in [-0.2, -0.15) is 0 Å². The fourth-order valence-corrected chi connectivity index (χ4v) is 6.34. The van der Waals surface area contributed by atoms with E-state index in [1.807, 2.05) is 18.4 Å². The largest absolute Gasteiger partial charge is 0.326 e. The van der Waals surface area contributed by atoms with Crippen LogP contribution in [0, 0.1) is 18.6 Å². The number of imidazole rings is 1. The van der Waals surface area contributed by atoms with Crippen LogP contribution in [0.1, 0.15) is 46.4 Å². The van der Waals surface area contributed by atoms with Gasteiger partial charge < -0.3 is 9.88 Å². The van der Waals surface area contributed by atoms with Crippen molar-refractivity contribution in [2.75, 3.05) is 22.3 Å². The average molecular weight is 632 g/mol. The Morgan fingerprint density at radius 3 is 2.18 bits per heavy atom. The number of fused-ring (bicyclic) bond motifs is 2. The summed E-state index contributed by atoms with van der Waals surface area (Å²) in [6.45, 7) is 5.36. The fraction of sp³-hybridized carbons (Fsp3) is 0.194. The zero-order valence-electron chi connectivity index (χ0n) is 24.4. The van der Waals surface area contributed by atoms with E-state index >= 15 is 4.39 Å². The third-order valence-corrected chi connectivity index (χ3v) is 8.60. The van der Waals surface area contributed by atoms with Crippen molar-refractivity contribution < 1.29 is 26.8 Å². The maximum absolute atomic E-state index is 15.0. The smallest absolute Gasteiger partial charge is 0.261 e. The summed E-state index contributed by atoms with van der Waals surface area (Å²) >= 11 is 0. The molecule has 2 aromatic heterocycles. The van der Waals surface area contributed by atoms with E-state index in [0.29, 0.717) is 17.0 Å². The number of hydrogen-bond acceptors (Lipinski definition) is 8. The summed E-state index contributed by atoms with van der Waals surface area (Å²) in [6, 6.07) is 15.3. The molecule has 1 aliphatic rings. The van der Waals surface area contributed by atoms with Crippen LogP contribution in [-0.2, 0) is 10.0 Å². The summed E-state index contributed by atoms with van der Waals surface area (Å²) in [5.41, 5.74) is 2.02. The predicted molar refractivity (Wildman–Crippen MR) is 165 cm³/mol. The molecule has 0 spiro atoms. The van der Waals surface area contributed by atoms with E-state index in [2.05, 4.69) is 25.0 Å². The van der Waals surface area contributed by atoms with Crippen LogP contribution >= 0.6 is 0 Å². The molecule has 11 nitrogen and oxygen atoms in total. The molecule has 2 amide bonds. The highest BCUT2D eigenvalue weighted by atomic mass is 32.2. The zero-order valence-corrected chi connectivity index (χ0v) is 25.2. The highest BCUT2D eigenvalue weighted by molar-refractivity contribution is 7.92. The molecule has 1 aliphatic heterocycles. The van der Waals surface area contributed by atoms with Crippen molar-refractivity contribution >= 4 is 50.2 Å². The minimum absolute atomic E-state index is 0.000843. The summed E-state index contributed by atoms with van der Waals surface area (Å²) in [7, 11) is -3.92. The Morgan fingerprint density at radius 2 is 1.53 bits per heavy atom. The van der Waals surface area contributed by atoms with Crippen LogP contribution < -0.4 is 10.0 Å². The maximum Gasteiger partial charge on any atom is 0.261 e. The van der Waals surface area contributed by atoms with Crippen LogP contribution in [0.25, 0.3) is 22.3 Å². The van der Waals surface area contributed by atoms with Crippen molar-refractivity contribution in [1.82, 2.24) is 24.4 Å². The molecule has 0 atom stereocenters. The fourth-order valence-electron chi connectivity index (χ4n) is 5.32. The van der Waals surface area contributed by atoms with E-state index < -0.39 is 39.2 Å². The Kier molecular flexibility index (Phi) is 7.52. The molecule has 0 radical (unpaired) electrons. The number of carbonyl (C=O) groups excluding carboxylic acids is 2. The Balaban J connectivity index is 1.14. The van der Waals surface area contributed by atoms with Crippen molar-refractivity contribution in [2.24, 2.45) is 0 Å². The Bertz CT molecular complexity index is 2060. The van der Waals surface area contributed by atoms with Gasteiger partial charge >= 0.3 is 0 Å². The van der Waals surface area contributed by atoms with Gasteiger partial charge in [0.15, 0.2) is 11.6 Å². The van der Waals surface area contributed by atoms with Gasteiger partial charge in [-0.15, -0.1) is 0 Å². The van der Waals surface area contributed by atoms with E-state index in [9.17, 15) is 22.4 Å². The van der Waals surface area contributed by atoms with Gasteiger partial charge in [0.25, 0.3) is 11.8 Å². The quantitative estimate of drug-likeness (QED) is 0.205. The lowest BCUT2D eigenvalue weighted by Crippen LogP contribution is -2.35. The Labute approximate surface area is 257 Å². The first-order valence-corrected chi connectivity index (χ1v) is 15.6. The number of aryl methyl sites for hydroxylation is 1. The number of sulfonamides is 1. The highest BCUT2D eigenvalue weighted by Gasteiger charge is 2.35. The van der Waals surface area contributed by atoms with Crippen LogP contribution in [0.5, 0.6) is 0 Å². The van der Waals surface area contributed by atoms with Gasteiger partial charge in [0.2, 0.25) is 16.0 Å². The summed E-state index contributed by atoms with van der Waals surface area (Å²) < 4.78 is 59.6. The molecule has 3 aromatic carbocycles. The molecule has 5 aromatic rings. The van der Waals surface area contributed by atoms with Crippen molar-refractivity contribution in [3.8, 4) is 11.3 Å². The summed E-state index contributed by atoms with van der Waals surface area (Å²) in [5.74, 6) is -2.22. The topological polar surface area (TPSA) is 139 Å². The normalized spacial score (nSPS) is 13.2. The standard InChI is InChI=1S/C31H27F2N7O4S/c1-17(2)40-18(3)35-28-24(32)14-19(15-26(28)40)27-25(33)16-34-31(37-27)36-20-8-10-21(11-9-20)38-45(43,44)13-12-39-29(41)22-6-4-5-7-23(22)30(39)42/h4-11,14-17,38H,12-13H2,1-3H3,(H,34,36,37). The molecule has 0 saturated heterocycles. The van der Waals surface area contributed by atoms with Crippen LogP contribution in [0.4, 0.5) is 26.1 Å².